The SMILES string of the molecule is CCC1(C)NC(=O)C(C)N(CCCS(C)(=O)=O)C1=O. The Hall–Kier alpha value is -1.11. The Labute approximate surface area is 114 Å². The third-order valence-corrected chi connectivity index (χ3v) is 4.63. The smallest absolute Gasteiger partial charge is 0.248 e. The Morgan fingerprint density at radius 3 is 2.42 bits per heavy atom. The quantitative estimate of drug-likeness (QED) is 0.768. The second kappa shape index (κ2) is 5.48. The van der Waals surface area contributed by atoms with Crippen LogP contribution in [0.4, 0.5) is 0 Å². The fourth-order valence-electron chi connectivity index (χ4n) is 2.10. The summed E-state index contributed by atoms with van der Waals surface area (Å²) in [4.78, 5) is 25.7. The lowest BCUT2D eigenvalue weighted by Gasteiger charge is -2.43. The van der Waals surface area contributed by atoms with E-state index in [2.05, 4.69) is 5.32 Å². The van der Waals surface area contributed by atoms with Crippen LogP contribution in [0.2, 0.25) is 0 Å². The zero-order valence-electron chi connectivity index (χ0n) is 11.9. The lowest BCUT2D eigenvalue weighted by molar-refractivity contribution is -0.153. The third kappa shape index (κ3) is 3.68. The van der Waals surface area contributed by atoms with Crippen LogP contribution < -0.4 is 5.32 Å². The minimum atomic E-state index is -3.05. The van der Waals surface area contributed by atoms with Crippen molar-refractivity contribution < 1.29 is 18.0 Å². The van der Waals surface area contributed by atoms with Crippen molar-refractivity contribution in [3.63, 3.8) is 0 Å². The predicted octanol–water partition coefficient (Wildman–Crippen LogP) is -0.0633. The van der Waals surface area contributed by atoms with Crippen LogP contribution >= 0.6 is 0 Å². The molecule has 1 saturated heterocycles. The molecule has 1 heterocycles. The van der Waals surface area contributed by atoms with Gasteiger partial charge in [-0.3, -0.25) is 9.59 Å². The lowest BCUT2D eigenvalue weighted by atomic mass is 9.92. The molecule has 0 spiro atoms. The highest BCUT2D eigenvalue weighted by atomic mass is 32.2. The molecule has 0 saturated carbocycles. The summed E-state index contributed by atoms with van der Waals surface area (Å²) in [6.45, 7) is 5.48. The molecule has 0 aliphatic carbocycles. The molecule has 19 heavy (non-hydrogen) atoms. The standard InChI is InChI=1S/C12H22N2O4S/c1-5-12(3)11(16)14(9(2)10(15)13-12)7-6-8-19(4,17)18/h9H,5-8H2,1-4H3,(H,13,15). The highest BCUT2D eigenvalue weighted by molar-refractivity contribution is 7.90. The largest absolute Gasteiger partial charge is 0.340 e. The number of piperazine rings is 1. The van der Waals surface area contributed by atoms with E-state index in [0.717, 1.165) is 6.26 Å². The lowest BCUT2D eigenvalue weighted by Crippen LogP contribution is -2.68. The number of carbonyl (C=O) groups is 2. The molecule has 0 aromatic heterocycles. The average Bonchev–Trinajstić information content (AvgIpc) is 2.30. The second-order valence-electron chi connectivity index (χ2n) is 5.33. The zero-order chi connectivity index (χ0) is 14.8. The van der Waals surface area contributed by atoms with Gasteiger partial charge in [-0.05, 0) is 26.7 Å². The summed E-state index contributed by atoms with van der Waals surface area (Å²) >= 11 is 0. The van der Waals surface area contributed by atoms with Gasteiger partial charge in [-0.15, -0.1) is 0 Å². The molecule has 110 valence electrons. The molecule has 2 atom stereocenters. The Balaban J connectivity index is 2.79. The fourth-order valence-corrected chi connectivity index (χ4v) is 2.75. The van der Waals surface area contributed by atoms with Crippen molar-refractivity contribution >= 4 is 21.7 Å². The van der Waals surface area contributed by atoms with Gasteiger partial charge in [0.2, 0.25) is 11.8 Å². The van der Waals surface area contributed by atoms with E-state index in [0.29, 0.717) is 12.8 Å². The van der Waals surface area contributed by atoms with Gasteiger partial charge in [0.05, 0.1) is 5.75 Å². The van der Waals surface area contributed by atoms with Gasteiger partial charge >= 0.3 is 0 Å². The van der Waals surface area contributed by atoms with Crippen molar-refractivity contribution in [3.8, 4) is 0 Å². The van der Waals surface area contributed by atoms with E-state index in [1.807, 2.05) is 6.92 Å². The van der Waals surface area contributed by atoms with E-state index in [4.69, 9.17) is 0 Å². The maximum absolute atomic E-state index is 12.4. The van der Waals surface area contributed by atoms with Gasteiger partial charge in [0.1, 0.15) is 21.4 Å². The van der Waals surface area contributed by atoms with Crippen molar-refractivity contribution in [1.29, 1.82) is 0 Å². The summed E-state index contributed by atoms with van der Waals surface area (Å²) in [5.74, 6) is -0.313. The average molecular weight is 290 g/mol. The first kappa shape index (κ1) is 15.9. The molecular formula is C12H22N2O4S. The third-order valence-electron chi connectivity index (χ3n) is 3.60. The first-order chi connectivity index (χ1) is 8.60. The van der Waals surface area contributed by atoms with Crippen LogP contribution in [-0.2, 0) is 19.4 Å². The Bertz CT molecular complexity index is 474. The summed E-state index contributed by atoms with van der Waals surface area (Å²) in [7, 11) is -3.05. The minimum absolute atomic E-state index is 0.0218. The predicted molar refractivity (Wildman–Crippen MR) is 72.3 cm³/mol. The second-order valence-corrected chi connectivity index (χ2v) is 7.59. The van der Waals surface area contributed by atoms with Gasteiger partial charge in [-0.2, -0.15) is 0 Å². The first-order valence-corrected chi connectivity index (χ1v) is 8.47. The fraction of sp³-hybridized carbons (Fsp3) is 0.833. The molecule has 2 unspecified atom stereocenters. The highest BCUT2D eigenvalue weighted by Gasteiger charge is 2.44. The van der Waals surface area contributed by atoms with E-state index in [1.54, 1.807) is 13.8 Å². The number of hydrogen-bond donors (Lipinski definition) is 1. The molecule has 1 aliphatic rings. The molecule has 7 heteroatoms. The molecule has 2 amide bonds. The van der Waals surface area contributed by atoms with Crippen molar-refractivity contribution in [2.24, 2.45) is 0 Å². The Morgan fingerprint density at radius 2 is 1.95 bits per heavy atom. The molecule has 1 fully saturated rings. The maximum atomic E-state index is 12.4. The number of carbonyl (C=O) groups excluding carboxylic acids is 2. The molecule has 0 bridgehead atoms. The molecule has 1 aliphatic heterocycles. The van der Waals surface area contributed by atoms with E-state index < -0.39 is 21.4 Å². The molecule has 1 rings (SSSR count). The molecule has 1 N–H and O–H groups in total. The van der Waals surface area contributed by atoms with Crippen LogP contribution in [0.15, 0.2) is 0 Å². The van der Waals surface area contributed by atoms with Crippen molar-refractivity contribution in [3.05, 3.63) is 0 Å². The van der Waals surface area contributed by atoms with Crippen LogP contribution in [-0.4, -0.2) is 55.3 Å². The van der Waals surface area contributed by atoms with Gasteiger partial charge in [-0.25, -0.2) is 8.42 Å². The van der Waals surface area contributed by atoms with Crippen LogP contribution in [0, 0.1) is 0 Å². The van der Waals surface area contributed by atoms with Gasteiger partial charge in [0.15, 0.2) is 0 Å². The summed E-state index contributed by atoms with van der Waals surface area (Å²) in [5.41, 5.74) is -0.880. The summed E-state index contributed by atoms with van der Waals surface area (Å²) < 4.78 is 22.2. The van der Waals surface area contributed by atoms with E-state index in [9.17, 15) is 18.0 Å². The van der Waals surface area contributed by atoms with Crippen molar-refractivity contribution in [1.82, 2.24) is 10.2 Å². The molecule has 0 aromatic carbocycles. The van der Waals surface area contributed by atoms with Gasteiger partial charge in [-0.1, -0.05) is 6.92 Å². The summed E-state index contributed by atoms with van der Waals surface area (Å²) in [6.07, 6.45) is 2.02. The Kier molecular flexibility index (Phi) is 4.60. The number of rotatable bonds is 5. The van der Waals surface area contributed by atoms with Crippen LogP contribution in [0.25, 0.3) is 0 Å². The minimum Gasteiger partial charge on any atom is -0.340 e. The van der Waals surface area contributed by atoms with E-state index >= 15 is 0 Å². The normalized spacial score (nSPS) is 28.4. The number of nitrogens with zero attached hydrogens (tertiary/aromatic N) is 1. The molecular weight excluding hydrogens is 268 g/mol. The number of nitrogens with one attached hydrogen (secondary N) is 1. The van der Waals surface area contributed by atoms with Crippen LogP contribution in [0.5, 0.6) is 0 Å². The number of hydrogen-bond acceptors (Lipinski definition) is 4. The van der Waals surface area contributed by atoms with Gasteiger partial charge in [0, 0.05) is 12.8 Å². The van der Waals surface area contributed by atoms with Crippen LogP contribution in [0.3, 0.4) is 0 Å². The van der Waals surface area contributed by atoms with Crippen LogP contribution in [0.1, 0.15) is 33.6 Å². The number of sulfone groups is 1. The first-order valence-electron chi connectivity index (χ1n) is 6.41. The molecule has 0 aromatic rings. The summed E-state index contributed by atoms with van der Waals surface area (Å²) in [5, 5.41) is 2.73. The topological polar surface area (TPSA) is 83.6 Å². The van der Waals surface area contributed by atoms with E-state index in [-0.39, 0.29) is 24.1 Å². The molecule has 6 nitrogen and oxygen atoms in total. The van der Waals surface area contributed by atoms with E-state index in [1.165, 1.54) is 4.90 Å². The maximum Gasteiger partial charge on any atom is 0.248 e. The van der Waals surface area contributed by atoms with Gasteiger partial charge in [0.25, 0.3) is 0 Å². The highest BCUT2D eigenvalue weighted by Crippen LogP contribution is 2.21. The molecule has 0 radical (unpaired) electrons. The zero-order valence-corrected chi connectivity index (χ0v) is 12.7. The van der Waals surface area contributed by atoms with Crippen molar-refractivity contribution in [2.45, 2.75) is 45.2 Å². The Morgan fingerprint density at radius 1 is 1.37 bits per heavy atom. The van der Waals surface area contributed by atoms with Gasteiger partial charge < -0.3 is 10.2 Å². The monoisotopic (exact) mass is 290 g/mol. The van der Waals surface area contributed by atoms with Crippen molar-refractivity contribution in [2.75, 3.05) is 18.6 Å². The summed E-state index contributed by atoms with van der Waals surface area (Å²) in [6, 6.07) is -0.549. The number of amides is 2.